The first-order valence-corrected chi connectivity index (χ1v) is 10.3. The van der Waals surface area contributed by atoms with Crippen molar-refractivity contribution in [3.05, 3.63) is 65.7 Å². The molecule has 26 heavy (non-hydrogen) atoms. The summed E-state index contributed by atoms with van der Waals surface area (Å²) in [7, 11) is -2.19. The number of carbonyl (C=O) groups is 1. The van der Waals surface area contributed by atoms with E-state index in [-0.39, 0.29) is 10.8 Å². The minimum Gasteiger partial charge on any atom is -0.339 e. The predicted molar refractivity (Wildman–Crippen MR) is 101 cm³/mol. The van der Waals surface area contributed by atoms with Crippen molar-refractivity contribution in [1.29, 1.82) is 0 Å². The lowest BCUT2D eigenvalue weighted by atomic mass is 9.90. The van der Waals surface area contributed by atoms with Crippen molar-refractivity contribution in [3.63, 3.8) is 0 Å². The number of sulfonamides is 1. The molecule has 3 rings (SSSR count). The summed E-state index contributed by atoms with van der Waals surface area (Å²) in [6.45, 7) is 1.42. The van der Waals surface area contributed by atoms with E-state index >= 15 is 0 Å². The SMILES string of the molecule is CNS(=O)(=O)c1cccc(C(=O)N2CCC(Cc3ccccc3)CC2)c1. The van der Waals surface area contributed by atoms with E-state index in [1.54, 1.807) is 12.1 Å². The Morgan fingerprint density at radius 2 is 1.77 bits per heavy atom. The van der Waals surface area contributed by atoms with Gasteiger partial charge in [-0.2, -0.15) is 0 Å². The fourth-order valence-corrected chi connectivity index (χ4v) is 4.16. The van der Waals surface area contributed by atoms with Crippen LogP contribution in [0.4, 0.5) is 0 Å². The zero-order valence-corrected chi connectivity index (χ0v) is 15.7. The molecule has 1 amide bonds. The monoisotopic (exact) mass is 372 g/mol. The lowest BCUT2D eigenvalue weighted by molar-refractivity contribution is 0.0690. The molecule has 1 heterocycles. The van der Waals surface area contributed by atoms with Crippen LogP contribution in [-0.2, 0) is 16.4 Å². The Kier molecular flexibility index (Phi) is 5.74. The molecule has 0 saturated carbocycles. The number of carbonyl (C=O) groups excluding carboxylic acids is 1. The van der Waals surface area contributed by atoms with Gasteiger partial charge in [-0.05, 0) is 56.0 Å². The van der Waals surface area contributed by atoms with Crippen molar-refractivity contribution in [1.82, 2.24) is 9.62 Å². The number of nitrogens with one attached hydrogen (secondary N) is 1. The maximum Gasteiger partial charge on any atom is 0.253 e. The molecule has 1 N–H and O–H groups in total. The Balaban J connectivity index is 1.63. The highest BCUT2D eigenvalue weighted by molar-refractivity contribution is 7.89. The van der Waals surface area contributed by atoms with Gasteiger partial charge in [0.25, 0.3) is 5.91 Å². The van der Waals surface area contributed by atoms with E-state index in [4.69, 9.17) is 0 Å². The summed E-state index contributed by atoms with van der Waals surface area (Å²) in [5, 5.41) is 0. The van der Waals surface area contributed by atoms with Gasteiger partial charge < -0.3 is 4.90 Å². The molecule has 5 nitrogen and oxygen atoms in total. The standard InChI is InChI=1S/C20H24N2O3S/c1-21-26(24,25)19-9-5-8-18(15-19)20(23)22-12-10-17(11-13-22)14-16-6-3-2-4-7-16/h2-9,15,17,21H,10-14H2,1H3. The van der Waals surface area contributed by atoms with Crippen LogP contribution in [0.25, 0.3) is 0 Å². The van der Waals surface area contributed by atoms with E-state index in [0.717, 1.165) is 19.3 Å². The minimum atomic E-state index is -3.55. The molecular weight excluding hydrogens is 348 g/mol. The van der Waals surface area contributed by atoms with Crippen molar-refractivity contribution in [2.75, 3.05) is 20.1 Å². The molecule has 0 unspecified atom stereocenters. The summed E-state index contributed by atoms with van der Waals surface area (Å²) in [5.41, 5.74) is 1.75. The third-order valence-corrected chi connectivity index (χ3v) is 6.34. The van der Waals surface area contributed by atoms with E-state index < -0.39 is 10.0 Å². The topological polar surface area (TPSA) is 66.5 Å². The number of nitrogens with zero attached hydrogens (tertiary/aromatic N) is 1. The third kappa shape index (κ3) is 4.31. The van der Waals surface area contributed by atoms with Gasteiger partial charge in [0.05, 0.1) is 4.90 Å². The lowest BCUT2D eigenvalue weighted by Gasteiger charge is -2.32. The zero-order chi connectivity index (χ0) is 18.6. The maximum absolute atomic E-state index is 12.7. The number of piperidine rings is 1. The number of hydrogen-bond acceptors (Lipinski definition) is 3. The Morgan fingerprint density at radius 1 is 1.08 bits per heavy atom. The van der Waals surface area contributed by atoms with E-state index in [0.29, 0.717) is 24.6 Å². The van der Waals surface area contributed by atoms with Crippen LogP contribution < -0.4 is 4.72 Å². The molecule has 138 valence electrons. The molecule has 1 saturated heterocycles. The first-order chi connectivity index (χ1) is 12.5. The second-order valence-corrected chi connectivity index (χ2v) is 8.55. The number of rotatable bonds is 5. The number of amides is 1. The summed E-state index contributed by atoms with van der Waals surface area (Å²) in [4.78, 5) is 14.7. The molecule has 6 heteroatoms. The van der Waals surface area contributed by atoms with Gasteiger partial charge >= 0.3 is 0 Å². The van der Waals surface area contributed by atoms with Crippen molar-refractivity contribution >= 4 is 15.9 Å². The van der Waals surface area contributed by atoms with Crippen LogP contribution in [0, 0.1) is 5.92 Å². The highest BCUT2D eigenvalue weighted by atomic mass is 32.2. The molecule has 1 fully saturated rings. The summed E-state index contributed by atoms with van der Waals surface area (Å²) in [5.74, 6) is 0.480. The summed E-state index contributed by atoms with van der Waals surface area (Å²) in [6.07, 6.45) is 2.98. The van der Waals surface area contributed by atoms with Gasteiger partial charge in [-0.25, -0.2) is 13.1 Å². The Hall–Kier alpha value is -2.18. The normalized spacial score (nSPS) is 15.8. The Labute approximate surface area is 155 Å². The Bertz CT molecular complexity index is 858. The van der Waals surface area contributed by atoms with Crippen molar-refractivity contribution < 1.29 is 13.2 Å². The largest absolute Gasteiger partial charge is 0.339 e. The van der Waals surface area contributed by atoms with Gasteiger partial charge in [0, 0.05) is 18.7 Å². The Morgan fingerprint density at radius 3 is 2.42 bits per heavy atom. The molecule has 1 aliphatic heterocycles. The fourth-order valence-electron chi connectivity index (χ4n) is 3.38. The van der Waals surface area contributed by atoms with Crippen LogP contribution in [0.5, 0.6) is 0 Å². The van der Waals surface area contributed by atoms with Crippen LogP contribution in [0.15, 0.2) is 59.5 Å². The number of likely N-dealkylation sites (tertiary alicyclic amines) is 1. The summed E-state index contributed by atoms with van der Waals surface area (Å²) >= 11 is 0. The average Bonchev–Trinajstić information content (AvgIpc) is 2.69. The molecule has 0 aromatic heterocycles. The lowest BCUT2D eigenvalue weighted by Crippen LogP contribution is -2.39. The van der Waals surface area contributed by atoms with Crippen molar-refractivity contribution in [3.8, 4) is 0 Å². The quantitative estimate of drug-likeness (QED) is 0.877. The highest BCUT2D eigenvalue weighted by Crippen LogP contribution is 2.23. The summed E-state index contributed by atoms with van der Waals surface area (Å²) < 4.78 is 26.1. The molecule has 0 aliphatic carbocycles. The maximum atomic E-state index is 12.7. The first-order valence-electron chi connectivity index (χ1n) is 8.86. The van der Waals surface area contributed by atoms with Gasteiger partial charge in [0.15, 0.2) is 0 Å². The van der Waals surface area contributed by atoms with E-state index in [1.165, 1.54) is 24.7 Å². The molecule has 2 aromatic carbocycles. The van der Waals surface area contributed by atoms with Crippen molar-refractivity contribution in [2.45, 2.75) is 24.2 Å². The number of benzene rings is 2. The first kappa shape index (κ1) is 18.6. The molecule has 0 spiro atoms. The molecule has 2 aromatic rings. The predicted octanol–water partition coefficient (Wildman–Crippen LogP) is 2.69. The fraction of sp³-hybridized carbons (Fsp3) is 0.350. The molecule has 0 atom stereocenters. The van der Waals surface area contributed by atoms with E-state index in [9.17, 15) is 13.2 Å². The van der Waals surface area contributed by atoms with Crippen LogP contribution in [-0.4, -0.2) is 39.4 Å². The highest BCUT2D eigenvalue weighted by Gasteiger charge is 2.24. The minimum absolute atomic E-state index is 0.101. The van der Waals surface area contributed by atoms with Gasteiger partial charge in [-0.3, -0.25) is 4.79 Å². The third-order valence-electron chi connectivity index (χ3n) is 4.93. The molecule has 1 aliphatic rings. The number of hydrogen-bond donors (Lipinski definition) is 1. The van der Waals surface area contributed by atoms with Crippen LogP contribution in [0.1, 0.15) is 28.8 Å². The average molecular weight is 372 g/mol. The van der Waals surface area contributed by atoms with Crippen LogP contribution in [0.3, 0.4) is 0 Å². The smallest absolute Gasteiger partial charge is 0.253 e. The van der Waals surface area contributed by atoms with Crippen LogP contribution >= 0.6 is 0 Å². The molecular formula is C20H24N2O3S. The van der Waals surface area contributed by atoms with Gasteiger partial charge in [0.1, 0.15) is 0 Å². The second-order valence-electron chi connectivity index (χ2n) is 6.66. The molecule has 0 radical (unpaired) electrons. The second kappa shape index (κ2) is 8.01. The van der Waals surface area contributed by atoms with E-state index in [1.807, 2.05) is 11.0 Å². The molecule has 0 bridgehead atoms. The van der Waals surface area contributed by atoms with E-state index in [2.05, 4.69) is 29.0 Å². The van der Waals surface area contributed by atoms with Gasteiger partial charge in [-0.1, -0.05) is 36.4 Å². The van der Waals surface area contributed by atoms with Gasteiger partial charge in [0.2, 0.25) is 10.0 Å². The zero-order valence-electron chi connectivity index (χ0n) is 14.9. The van der Waals surface area contributed by atoms with Gasteiger partial charge in [-0.15, -0.1) is 0 Å². The van der Waals surface area contributed by atoms with Crippen molar-refractivity contribution in [2.24, 2.45) is 5.92 Å². The summed E-state index contributed by atoms with van der Waals surface area (Å²) in [6, 6.07) is 16.6. The van der Waals surface area contributed by atoms with Crippen LogP contribution in [0.2, 0.25) is 0 Å².